The van der Waals surface area contributed by atoms with E-state index in [-0.39, 0.29) is 36.5 Å². The van der Waals surface area contributed by atoms with Gasteiger partial charge in [0.25, 0.3) is 0 Å². The average Bonchev–Trinajstić information content (AvgIpc) is 3.16. The predicted octanol–water partition coefficient (Wildman–Crippen LogP) is 6.71. The van der Waals surface area contributed by atoms with Crippen molar-refractivity contribution >= 4 is 12.1 Å². The van der Waals surface area contributed by atoms with Gasteiger partial charge in [-0.15, -0.1) is 0 Å². The molecule has 10 nitrogen and oxygen atoms in total. The van der Waals surface area contributed by atoms with Gasteiger partial charge >= 0.3 is 12.1 Å². The molecule has 2 heterocycles. The Balaban J connectivity index is 1.57. The first kappa shape index (κ1) is 35.4. The third-order valence-electron chi connectivity index (χ3n) is 11.0. The zero-order valence-corrected chi connectivity index (χ0v) is 30.2. The summed E-state index contributed by atoms with van der Waals surface area (Å²) in [6, 6.07) is 17.9. The average molecular weight is 687 g/mol. The topological polar surface area (TPSA) is 96.0 Å². The lowest BCUT2D eigenvalue weighted by molar-refractivity contribution is -0.153. The zero-order chi connectivity index (χ0) is 35.4. The van der Waals surface area contributed by atoms with Crippen LogP contribution in [0.2, 0.25) is 0 Å². The number of fused-ring (bicyclic) bond motifs is 3. The molecule has 0 bridgehead atoms. The maximum Gasteiger partial charge on any atom is 0.410 e. The molecular weight excluding hydrogens is 636 g/mol. The molecule has 0 aromatic heterocycles. The predicted molar refractivity (Wildman–Crippen MR) is 189 cm³/mol. The molecule has 6 rings (SSSR count). The molecule has 0 N–H and O–H groups in total. The third-order valence-corrected chi connectivity index (χ3v) is 11.0. The van der Waals surface area contributed by atoms with Gasteiger partial charge in [-0.05, 0) is 97.7 Å². The van der Waals surface area contributed by atoms with Crippen LogP contribution in [-0.4, -0.2) is 76.5 Å². The van der Waals surface area contributed by atoms with Gasteiger partial charge in [0, 0.05) is 25.0 Å². The van der Waals surface area contributed by atoms with Gasteiger partial charge in [-0.2, -0.15) is 0 Å². The Kier molecular flexibility index (Phi) is 10.8. The summed E-state index contributed by atoms with van der Waals surface area (Å²) in [5.41, 5.74) is 4.47. The van der Waals surface area contributed by atoms with Crippen LogP contribution < -0.4 is 18.9 Å². The second-order valence-electron chi connectivity index (χ2n) is 13.3. The molecule has 4 atom stereocenters. The molecule has 2 aliphatic heterocycles. The molecule has 0 saturated heterocycles. The highest BCUT2D eigenvalue weighted by Gasteiger charge is 2.58. The highest BCUT2D eigenvalue weighted by atomic mass is 16.6. The van der Waals surface area contributed by atoms with Gasteiger partial charge < -0.3 is 28.4 Å². The number of hydrogen-bond donors (Lipinski definition) is 0. The summed E-state index contributed by atoms with van der Waals surface area (Å²) in [6.07, 6.45) is 2.70. The molecule has 1 amide bonds. The second-order valence-corrected chi connectivity index (χ2v) is 13.3. The summed E-state index contributed by atoms with van der Waals surface area (Å²) < 4.78 is 35.0. The van der Waals surface area contributed by atoms with Gasteiger partial charge in [-0.1, -0.05) is 37.3 Å². The van der Waals surface area contributed by atoms with E-state index < -0.39 is 5.54 Å². The molecule has 0 radical (unpaired) electrons. The number of esters is 1. The number of carbonyl (C=O) groups excluding carboxylic acids is 2. The molecule has 1 saturated carbocycles. The largest absolute Gasteiger partial charge is 0.493 e. The lowest BCUT2D eigenvalue weighted by Crippen LogP contribution is -2.62. The van der Waals surface area contributed by atoms with Crippen molar-refractivity contribution in [2.75, 3.05) is 54.7 Å². The van der Waals surface area contributed by atoms with E-state index in [9.17, 15) is 9.59 Å². The van der Waals surface area contributed by atoms with Crippen LogP contribution in [0.1, 0.15) is 67.0 Å². The number of benzene rings is 3. The fraction of sp³-hybridized carbons (Fsp3) is 0.500. The van der Waals surface area contributed by atoms with Gasteiger partial charge in [-0.3, -0.25) is 14.6 Å². The lowest BCUT2D eigenvalue weighted by Gasteiger charge is -2.59. The molecular formula is C40H50N2O8. The Morgan fingerprint density at radius 1 is 0.800 bits per heavy atom. The quantitative estimate of drug-likeness (QED) is 0.216. The number of methoxy groups -OCH3 is 4. The van der Waals surface area contributed by atoms with Crippen molar-refractivity contribution in [2.24, 2.45) is 11.8 Å². The van der Waals surface area contributed by atoms with Crippen molar-refractivity contribution in [3.05, 3.63) is 82.4 Å². The maximum atomic E-state index is 14.6. The number of amides is 1. The Labute approximate surface area is 295 Å². The van der Waals surface area contributed by atoms with Crippen LogP contribution >= 0.6 is 0 Å². The molecule has 3 aliphatic rings. The molecule has 3 aromatic carbocycles. The Morgan fingerprint density at radius 3 is 2.10 bits per heavy atom. The van der Waals surface area contributed by atoms with Crippen LogP contribution in [0.4, 0.5) is 4.79 Å². The molecule has 4 unspecified atom stereocenters. The SMILES string of the molecule is CCOC(=O)C1CCC2(c3cc(OC)c(OC)cc3CCN2C(=O)OCc2ccccc2)C(C2c3cc(OC)c(OC)cc3CCN2CC)C1. The van der Waals surface area contributed by atoms with E-state index in [1.165, 1.54) is 5.56 Å². The molecule has 1 spiro atoms. The van der Waals surface area contributed by atoms with Crippen LogP contribution in [0, 0.1) is 11.8 Å². The number of rotatable bonds is 10. The van der Waals surface area contributed by atoms with E-state index in [0.29, 0.717) is 61.8 Å². The van der Waals surface area contributed by atoms with E-state index in [2.05, 4.69) is 36.1 Å². The first-order valence-corrected chi connectivity index (χ1v) is 17.7. The summed E-state index contributed by atoms with van der Waals surface area (Å²) in [7, 11) is 6.59. The summed E-state index contributed by atoms with van der Waals surface area (Å²) >= 11 is 0. The summed E-state index contributed by atoms with van der Waals surface area (Å²) in [6.45, 7) is 6.54. The van der Waals surface area contributed by atoms with Crippen molar-refractivity contribution in [3.8, 4) is 23.0 Å². The van der Waals surface area contributed by atoms with Gasteiger partial charge in [0.1, 0.15) is 6.61 Å². The molecule has 50 heavy (non-hydrogen) atoms. The Hall–Kier alpha value is -4.44. The van der Waals surface area contributed by atoms with Gasteiger partial charge in [-0.25, -0.2) is 4.79 Å². The number of hydrogen-bond acceptors (Lipinski definition) is 9. The molecule has 268 valence electrons. The smallest absolute Gasteiger partial charge is 0.410 e. The number of carbonyl (C=O) groups is 2. The van der Waals surface area contributed by atoms with Crippen molar-refractivity contribution in [1.29, 1.82) is 0 Å². The van der Waals surface area contributed by atoms with E-state index in [1.54, 1.807) is 28.4 Å². The zero-order valence-electron chi connectivity index (χ0n) is 30.2. The monoisotopic (exact) mass is 686 g/mol. The van der Waals surface area contributed by atoms with E-state index in [4.69, 9.17) is 28.4 Å². The Morgan fingerprint density at radius 2 is 1.44 bits per heavy atom. The maximum absolute atomic E-state index is 14.6. The third kappa shape index (κ3) is 6.34. The first-order valence-electron chi connectivity index (χ1n) is 17.7. The summed E-state index contributed by atoms with van der Waals surface area (Å²) in [5, 5.41) is 0. The highest BCUT2D eigenvalue weighted by molar-refractivity contribution is 5.74. The van der Waals surface area contributed by atoms with Crippen LogP contribution in [0.5, 0.6) is 23.0 Å². The summed E-state index contributed by atoms with van der Waals surface area (Å²) in [5.74, 6) is 1.82. The number of likely N-dealkylation sites (N-methyl/N-ethyl adjacent to an activating group) is 1. The van der Waals surface area contributed by atoms with Crippen molar-refractivity contribution in [3.63, 3.8) is 0 Å². The van der Waals surface area contributed by atoms with Crippen LogP contribution in [0.15, 0.2) is 54.6 Å². The normalized spacial score (nSPS) is 23.0. The van der Waals surface area contributed by atoms with Crippen molar-refractivity contribution in [2.45, 2.75) is 64.1 Å². The van der Waals surface area contributed by atoms with E-state index >= 15 is 0 Å². The minimum atomic E-state index is -0.843. The summed E-state index contributed by atoms with van der Waals surface area (Å²) in [4.78, 5) is 32.6. The van der Waals surface area contributed by atoms with Crippen molar-refractivity contribution in [1.82, 2.24) is 9.80 Å². The highest BCUT2D eigenvalue weighted by Crippen LogP contribution is 2.59. The minimum Gasteiger partial charge on any atom is -0.493 e. The second kappa shape index (κ2) is 15.2. The molecule has 1 aliphatic carbocycles. The molecule has 10 heteroatoms. The standard InChI is InChI=1S/C40H50N2O8/c1-7-41-18-15-27-21-33(45-3)35(47-5)23-30(27)37(41)32-20-29(38(43)49-8-2)14-17-40(32)31-24-36(48-6)34(46-4)22-28(31)16-19-42(40)39(44)50-25-26-12-10-9-11-13-26/h9-13,21-24,29,32,37H,7-8,14-20,25H2,1-6H3. The molecule has 1 fully saturated rings. The number of ether oxygens (including phenoxy) is 6. The van der Waals surface area contributed by atoms with E-state index in [0.717, 1.165) is 41.8 Å². The number of nitrogens with zero attached hydrogens (tertiary/aromatic N) is 2. The van der Waals surface area contributed by atoms with Crippen molar-refractivity contribution < 1.29 is 38.0 Å². The fourth-order valence-corrected chi connectivity index (χ4v) is 8.75. The van der Waals surface area contributed by atoms with Crippen LogP contribution in [0.25, 0.3) is 0 Å². The fourth-order valence-electron chi connectivity index (χ4n) is 8.75. The van der Waals surface area contributed by atoms with Crippen LogP contribution in [0.3, 0.4) is 0 Å². The lowest BCUT2D eigenvalue weighted by atomic mass is 9.58. The van der Waals surface area contributed by atoms with Gasteiger partial charge in [0.2, 0.25) is 0 Å². The van der Waals surface area contributed by atoms with E-state index in [1.807, 2.05) is 42.2 Å². The van der Waals surface area contributed by atoms with Gasteiger partial charge in [0.05, 0.1) is 46.5 Å². The molecule has 3 aromatic rings. The minimum absolute atomic E-state index is 0.158. The van der Waals surface area contributed by atoms with Crippen LogP contribution in [-0.2, 0) is 39.3 Å². The first-order chi connectivity index (χ1) is 24.3. The Bertz CT molecular complexity index is 1680. The van der Waals surface area contributed by atoms with Gasteiger partial charge in [0.15, 0.2) is 23.0 Å².